The summed E-state index contributed by atoms with van der Waals surface area (Å²) in [7, 11) is 0. The third kappa shape index (κ3) is 8.42. The number of hydrogen-bond donors (Lipinski definition) is 4. The zero-order valence-electron chi connectivity index (χ0n) is 35.8. The molecular weight excluding hydrogens is 802 g/mol. The fourth-order valence-electron chi connectivity index (χ4n) is 9.40. The van der Waals surface area contributed by atoms with E-state index in [2.05, 4.69) is 59.9 Å². The molecule has 0 spiro atoms. The lowest BCUT2D eigenvalue weighted by Crippen LogP contribution is -2.49. The van der Waals surface area contributed by atoms with Gasteiger partial charge < -0.3 is 26.2 Å². The third-order valence-electron chi connectivity index (χ3n) is 12.9. The molecule has 5 aromatic rings. The van der Waals surface area contributed by atoms with Gasteiger partial charge in [0.15, 0.2) is 0 Å². The first-order valence-electron chi connectivity index (χ1n) is 21.7. The second-order valence-corrected chi connectivity index (χ2v) is 17.0. The minimum atomic E-state index is -0.737. The number of urea groups is 1. The number of imide groups is 1. The molecule has 15 nitrogen and oxygen atoms in total. The Morgan fingerprint density at radius 2 is 1.59 bits per heavy atom. The van der Waals surface area contributed by atoms with Crippen LogP contribution in [0.25, 0.3) is 11.3 Å². The summed E-state index contributed by atoms with van der Waals surface area (Å²) in [5.41, 5.74) is 13.3. The number of amides is 5. The van der Waals surface area contributed by atoms with Gasteiger partial charge in [-0.1, -0.05) is 6.07 Å². The van der Waals surface area contributed by atoms with Crippen molar-refractivity contribution < 1.29 is 23.6 Å². The molecule has 5 N–H and O–H groups in total. The van der Waals surface area contributed by atoms with Crippen LogP contribution in [-0.2, 0) is 17.8 Å². The van der Waals surface area contributed by atoms with Crippen LogP contribution < -0.4 is 36.4 Å². The van der Waals surface area contributed by atoms with E-state index in [0.29, 0.717) is 43.5 Å². The molecule has 2 aromatic heterocycles. The number of piperidine rings is 1. The normalized spacial score (nSPS) is 17.1. The van der Waals surface area contributed by atoms with Gasteiger partial charge in [0, 0.05) is 105 Å². The van der Waals surface area contributed by atoms with E-state index in [4.69, 9.17) is 10.8 Å². The van der Waals surface area contributed by atoms with Crippen LogP contribution in [0.3, 0.4) is 0 Å². The fourth-order valence-corrected chi connectivity index (χ4v) is 9.40. The predicted octanol–water partition coefficient (Wildman–Crippen LogP) is 6.15. The van der Waals surface area contributed by atoms with Crippen molar-refractivity contribution in [2.75, 3.05) is 77.7 Å². The van der Waals surface area contributed by atoms with Crippen LogP contribution in [0.5, 0.6) is 0 Å². The Morgan fingerprint density at radius 3 is 2.32 bits per heavy atom. The summed E-state index contributed by atoms with van der Waals surface area (Å²) in [5, 5.41) is 13.3. The Hall–Kier alpha value is -6.81. The molecule has 0 atom stereocenters. The van der Waals surface area contributed by atoms with E-state index in [1.54, 1.807) is 21.7 Å². The highest BCUT2D eigenvalue weighted by atomic mass is 19.1. The molecule has 9 rings (SSSR count). The molecule has 0 unspecified atom stereocenters. The summed E-state index contributed by atoms with van der Waals surface area (Å²) >= 11 is 0. The van der Waals surface area contributed by atoms with Crippen molar-refractivity contribution >= 4 is 58.1 Å². The number of nitrogens with two attached hydrogens (primary N) is 1. The number of fused-ring (bicyclic) bond motifs is 2. The van der Waals surface area contributed by atoms with Gasteiger partial charge in [-0.2, -0.15) is 5.10 Å². The smallest absolute Gasteiger partial charge is 0.328 e. The highest BCUT2D eigenvalue weighted by Gasteiger charge is 2.31. The lowest BCUT2D eigenvalue weighted by atomic mass is 9.95. The molecule has 16 heteroatoms. The molecule has 6 heterocycles. The van der Waals surface area contributed by atoms with Gasteiger partial charge in [0.1, 0.15) is 28.7 Å². The maximum Gasteiger partial charge on any atom is 0.328 e. The van der Waals surface area contributed by atoms with Crippen LogP contribution in [0.2, 0.25) is 0 Å². The first-order chi connectivity index (χ1) is 30.4. The van der Waals surface area contributed by atoms with Gasteiger partial charge >= 0.3 is 6.03 Å². The molecule has 326 valence electrons. The maximum absolute atomic E-state index is 16.1. The standard InChI is InChI=1S/C47H52FN11O4/c1-28-25-33(8-12-38(28)58-19-16-40(60)53-47(58)63)56-17-13-31(14-18-56)27-55-21-23-57(24-22-55)34-7-11-37-32(26-34)15-20-59-45(51-37)41(44(49)61)43(54-59)36-10-9-35(30(3)42(36)48)46(62)52-39-6-4-5-29(2)50-39/h4-12,25-26,31,51H,13-24,27H2,1-3H3,(H2,49,61)(H,50,52,62)(H,53,60,63). The zero-order valence-corrected chi connectivity index (χ0v) is 35.8. The molecule has 5 amide bonds. The quantitative estimate of drug-likeness (QED) is 0.135. The summed E-state index contributed by atoms with van der Waals surface area (Å²) in [5.74, 6) is -0.721. The number of carbonyl (C=O) groups is 4. The number of primary amides is 1. The fraction of sp³-hybridized carbons (Fsp3) is 0.362. The van der Waals surface area contributed by atoms with Crippen LogP contribution in [0, 0.1) is 32.5 Å². The molecule has 0 radical (unpaired) electrons. The third-order valence-corrected chi connectivity index (χ3v) is 12.9. The minimum Gasteiger partial charge on any atom is -0.372 e. The lowest BCUT2D eigenvalue weighted by molar-refractivity contribution is -0.120. The molecule has 0 bridgehead atoms. The number of benzene rings is 3. The molecule has 0 saturated carbocycles. The number of aromatic nitrogens is 3. The van der Waals surface area contributed by atoms with Crippen molar-refractivity contribution in [3.63, 3.8) is 0 Å². The van der Waals surface area contributed by atoms with Crippen molar-refractivity contribution in [1.82, 2.24) is 25.0 Å². The monoisotopic (exact) mass is 853 g/mol. The van der Waals surface area contributed by atoms with Crippen LogP contribution in [0.1, 0.15) is 62.4 Å². The van der Waals surface area contributed by atoms with Crippen molar-refractivity contribution in [2.45, 2.75) is 53.0 Å². The van der Waals surface area contributed by atoms with Crippen LogP contribution in [0.4, 0.5) is 43.6 Å². The Balaban J connectivity index is 0.805. The second-order valence-electron chi connectivity index (χ2n) is 17.0. The van der Waals surface area contributed by atoms with Crippen molar-refractivity contribution in [1.29, 1.82) is 0 Å². The van der Waals surface area contributed by atoms with E-state index in [1.807, 2.05) is 32.0 Å². The summed E-state index contributed by atoms with van der Waals surface area (Å²) in [6, 6.07) is 20.5. The molecule has 3 saturated heterocycles. The number of nitrogens with zero attached hydrogens (tertiary/aromatic N) is 7. The Labute approximate surface area is 365 Å². The number of halogens is 1. The van der Waals surface area contributed by atoms with Gasteiger partial charge in [-0.15, -0.1) is 0 Å². The average molecular weight is 854 g/mol. The van der Waals surface area contributed by atoms with Gasteiger partial charge in [-0.3, -0.25) is 29.5 Å². The molecular formula is C47H52FN11O4. The van der Waals surface area contributed by atoms with E-state index in [9.17, 15) is 19.2 Å². The van der Waals surface area contributed by atoms with E-state index in [-0.39, 0.29) is 39.9 Å². The van der Waals surface area contributed by atoms with Crippen molar-refractivity contribution in [2.24, 2.45) is 11.7 Å². The number of piperazine rings is 1. The summed E-state index contributed by atoms with van der Waals surface area (Å²) in [6.07, 6.45) is 3.19. The van der Waals surface area contributed by atoms with Crippen LogP contribution in [0.15, 0.2) is 66.7 Å². The number of nitrogens with one attached hydrogen (secondary N) is 3. The number of anilines is 6. The Kier molecular flexibility index (Phi) is 11.3. The largest absolute Gasteiger partial charge is 0.372 e. The van der Waals surface area contributed by atoms with Gasteiger partial charge in [0.2, 0.25) is 5.91 Å². The molecule has 0 aliphatic carbocycles. The number of rotatable bonds is 9. The highest BCUT2D eigenvalue weighted by molar-refractivity contribution is 6.07. The van der Waals surface area contributed by atoms with E-state index >= 15 is 4.39 Å². The Morgan fingerprint density at radius 1 is 0.841 bits per heavy atom. The predicted molar refractivity (Wildman–Crippen MR) is 242 cm³/mol. The van der Waals surface area contributed by atoms with Crippen LogP contribution >= 0.6 is 0 Å². The van der Waals surface area contributed by atoms with Gasteiger partial charge in [0.05, 0.1) is 0 Å². The molecule has 4 aliphatic heterocycles. The van der Waals surface area contributed by atoms with Crippen molar-refractivity contribution in [3.05, 3.63) is 106 Å². The second kappa shape index (κ2) is 17.2. The average Bonchev–Trinajstić information content (AvgIpc) is 3.52. The topological polar surface area (TPSA) is 174 Å². The summed E-state index contributed by atoms with van der Waals surface area (Å²) in [6.45, 7) is 13.1. The molecule has 63 heavy (non-hydrogen) atoms. The van der Waals surface area contributed by atoms with Gasteiger partial charge in [0.25, 0.3) is 11.8 Å². The lowest BCUT2D eigenvalue weighted by Gasteiger charge is -2.40. The number of aryl methyl sites for hydroxylation is 4. The number of hydrogen-bond acceptors (Lipinski definition) is 10. The van der Waals surface area contributed by atoms with Gasteiger partial charge in [-0.25, -0.2) is 18.9 Å². The minimum absolute atomic E-state index is 0.0819. The maximum atomic E-state index is 16.1. The number of pyridine rings is 1. The van der Waals surface area contributed by atoms with E-state index < -0.39 is 17.6 Å². The van der Waals surface area contributed by atoms with Gasteiger partial charge in [-0.05, 0) is 123 Å². The van der Waals surface area contributed by atoms with E-state index in [1.165, 1.54) is 24.7 Å². The summed E-state index contributed by atoms with van der Waals surface area (Å²) in [4.78, 5) is 63.6. The Bertz CT molecular complexity index is 2630. The first kappa shape index (κ1) is 41.5. The molecule has 3 fully saturated rings. The van der Waals surface area contributed by atoms with E-state index in [0.717, 1.165) is 92.5 Å². The van der Waals surface area contributed by atoms with Crippen molar-refractivity contribution in [3.8, 4) is 11.3 Å². The zero-order chi connectivity index (χ0) is 43.9. The molecule has 3 aromatic carbocycles. The van der Waals surface area contributed by atoms with Crippen LogP contribution in [-0.4, -0.2) is 95.8 Å². The first-order valence-corrected chi connectivity index (χ1v) is 21.7. The molecule has 4 aliphatic rings. The summed E-state index contributed by atoms with van der Waals surface area (Å²) < 4.78 is 17.8. The SMILES string of the molecule is Cc1cccc(NC(=O)c2ccc(-c3nn4c(c3C(N)=O)Nc3ccc(N5CCN(CC6CCN(c7ccc(N8CCC(=O)NC8=O)c(C)c7)CC6)CC5)cc3CC4)c(F)c2C)n1. The highest BCUT2D eigenvalue weighted by Crippen LogP contribution is 2.38. The number of carbonyl (C=O) groups excluding carboxylic acids is 4.